The van der Waals surface area contributed by atoms with Crippen molar-refractivity contribution in [3.8, 4) is 0 Å². The summed E-state index contributed by atoms with van der Waals surface area (Å²) in [5, 5.41) is 3.31. The van der Waals surface area contributed by atoms with Gasteiger partial charge in [-0.15, -0.1) is 12.4 Å². The van der Waals surface area contributed by atoms with Crippen LogP contribution in [0.4, 0.5) is 0 Å². The van der Waals surface area contributed by atoms with E-state index in [9.17, 15) is 4.79 Å². The Bertz CT molecular complexity index is 361. The first-order chi connectivity index (χ1) is 10.1. The molecule has 22 heavy (non-hydrogen) atoms. The van der Waals surface area contributed by atoms with Gasteiger partial charge in [-0.2, -0.15) is 0 Å². The van der Waals surface area contributed by atoms with Crippen LogP contribution < -0.4 is 11.1 Å². The van der Waals surface area contributed by atoms with E-state index in [-0.39, 0.29) is 41.7 Å². The highest BCUT2D eigenvalue weighted by Gasteiger charge is 2.54. The monoisotopic (exact) mass is 332 g/mol. The predicted octanol–water partition coefficient (Wildman–Crippen LogP) is 3.03. The van der Waals surface area contributed by atoms with Crippen LogP contribution in [0.25, 0.3) is 0 Å². The minimum Gasteiger partial charge on any atom is -0.378 e. The van der Waals surface area contributed by atoms with Crippen LogP contribution in [0.2, 0.25) is 0 Å². The van der Waals surface area contributed by atoms with Crippen LogP contribution in [0.5, 0.6) is 0 Å². The maximum absolute atomic E-state index is 12.5. The van der Waals surface area contributed by atoms with Crippen LogP contribution >= 0.6 is 12.4 Å². The summed E-state index contributed by atoms with van der Waals surface area (Å²) in [4.78, 5) is 12.5. The molecule has 2 fully saturated rings. The molecule has 4 atom stereocenters. The van der Waals surface area contributed by atoms with E-state index in [0.29, 0.717) is 6.10 Å². The Morgan fingerprint density at radius 1 is 1.23 bits per heavy atom. The third-order valence-electron chi connectivity index (χ3n) is 5.87. The molecule has 4 unspecified atom stereocenters. The zero-order valence-corrected chi connectivity index (χ0v) is 15.1. The molecule has 0 bridgehead atoms. The van der Waals surface area contributed by atoms with Crippen LogP contribution in [0.15, 0.2) is 0 Å². The highest BCUT2D eigenvalue weighted by molar-refractivity contribution is 5.85. The molecule has 4 nitrogen and oxygen atoms in total. The van der Waals surface area contributed by atoms with Crippen LogP contribution in [0.1, 0.15) is 65.7 Å². The quantitative estimate of drug-likeness (QED) is 0.785. The molecule has 0 heterocycles. The lowest BCUT2D eigenvalue weighted by Crippen LogP contribution is -2.65. The fraction of sp³-hybridized carbons (Fsp3) is 0.941. The van der Waals surface area contributed by atoms with E-state index in [0.717, 1.165) is 51.6 Å². The van der Waals surface area contributed by atoms with E-state index >= 15 is 0 Å². The van der Waals surface area contributed by atoms with E-state index in [1.165, 1.54) is 0 Å². The SMILES string of the molecule is CCOC1CC(NC(=O)C2CCCC(N)C2)C1(CC)CC.Cl. The summed E-state index contributed by atoms with van der Waals surface area (Å²) in [7, 11) is 0. The normalized spacial score (nSPS) is 33.5. The molecule has 1 amide bonds. The molecule has 0 spiro atoms. The molecular formula is C17H33ClN2O2. The molecule has 2 aliphatic rings. The van der Waals surface area contributed by atoms with Crippen molar-refractivity contribution in [2.75, 3.05) is 6.61 Å². The largest absolute Gasteiger partial charge is 0.378 e. The first kappa shape index (κ1) is 19.7. The number of hydrogen-bond acceptors (Lipinski definition) is 3. The van der Waals surface area contributed by atoms with E-state index in [1.54, 1.807) is 0 Å². The molecule has 2 saturated carbocycles. The van der Waals surface area contributed by atoms with E-state index in [1.807, 2.05) is 6.92 Å². The van der Waals surface area contributed by atoms with Gasteiger partial charge in [-0.1, -0.05) is 20.3 Å². The Hall–Kier alpha value is -0.320. The van der Waals surface area contributed by atoms with E-state index in [2.05, 4.69) is 19.2 Å². The number of nitrogens with two attached hydrogens (primary N) is 1. The Kier molecular flexibility index (Phi) is 7.63. The maximum Gasteiger partial charge on any atom is 0.223 e. The van der Waals surface area contributed by atoms with Crippen molar-refractivity contribution in [1.29, 1.82) is 0 Å². The van der Waals surface area contributed by atoms with Gasteiger partial charge in [-0.05, 0) is 45.4 Å². The molecule has 0 aromatic carbocycles. The molecular weight excluding hydrogens is 300 g/mol. The standard InChI is InChI=1S/C17H32N2O2.ClH/c1-4-17(5-2)14(11-15(17)21-6-3)19-16(20)12-8-7-9-13(18)10-12;/h12-15H,4-11,18H2,1-3H3,(H,19,20);1H. The lowest BCUT2D eigenvalue weighted by atomic mass is 9.58. The highest BCUT2D eigenvalue weighted by Crippen LogP contribution is 2.49. The highest BCUT2D eigenvalue weighted by atomic mass is 35.5. The lowest BCUT2D eigenvalue weighted by Gasteiger charge is -2.55. The molecule has 0 saturated heterocycles. The smallest absolute Gasteiger partial charge is 0.223 e. The molecule has 3 N–H and O–H groups in total. The zero-order valence-electron chi connectivity index (χ0n) is 14.3. The number of ether oxygens (including phenoxy) is 1. The van der Waals surface area contributed by atoms with Crippen molar-refractivity contribution in [3.05, 3.63) is 0 Å². The van der Waals surface area contributed by atoms with Gasteiger partial charge in [0.15, 0.2) is 0 Å². The lowest BCUT2D eigenvalue weighted by molar-refractivity contribution is -0.151. The second-order valence-electron chi connectivity index (χ2n) is 6.80. The van der Waals surface area contributed by atoms with E-state index in [4.69, 9.17) is 10.5 Å². The average Bonchev–Trinajstić information content (AvgIpc) is 2.47. The fourth-order valence-electron chi connectivity index (χ4n) is 4.34. The fourth-order valence-corrected chi connectivity index (χ4v) is 4.34. The van der Waals surface area contributed by atoms with Gasteiger partial charge in [0.1, 0.15) is 0 Å². The molecule has 130 valence electrons. The zero-order chi connectivity index (χ0) is 15.5. The van der Waals surface area contributed by atoms with Crippen LogP contribution in [0, 0.1) is 11.3 Å². The third kappa shape index (κ3) is 3.77. The molecule has 0 aromatic rings. The van der Waals surface area contributed by atoms with Crippen molar-refractivity contribution in [3.63, 3.8) is 0 Å². The predicted molar refractivity (Wildman–Crippen MR) is 92.2 cm³/mol. The van der Waals surface area contributed by atoms with Gasteiger partial charge in [-0.25, -0.2) is 0 Å². The number of carbonyl (C=O) groups is 1. The first-order valence-electron chi connectivity index (χ1n) is 8.74. The first-order valence-corrected chi connectivity index (χ1v) is 8.74. The molecule has 0 aromatic heterocycles. The summed E-state index contributed by atoms with van der Waals surface area (Å²) >= 11 is 0. The van der Waals surface area contributed by atoms with Crippen LogP contribution in [0.3, 0.4) is 0 Å². The van der Waals surface area contributed by atoms with Gasteiger partial charge in [0.25, 0.3) is 0 Å². The topological polar surface area (TPSA) is 64.3 Å². The van der Waals surface area contributed by atoms with Gasteiger partial charge in [0.2, 0.25) is 5.91 Å². The molecule has 2 rings (SSSR count). The number of hydrogen-bond donors (Lipinski definition) is 2. The summed E-state index contributed by atoms with van der Waals surface area (Å²) in [6.07, 6.45) is 7.36. The molecule has 0 aliphatic heterocycles. The number of carbonyl (C=O) groups excluding carboxylic acids is 1. The van der Waals surface area contributed by atoms with E-state index < -0.39 is 0 Å². The van der Waals surface area contributed by atoms with Gasteiger partial charge in [0, 0.05) is 30.0 Å². The summed E-state index contributed by atoms with van der Waals surface area (Å²) in [6.45, 7) is 7.23. The van der Waals surface area contributed by atoms with Crippen molar-refractivity contribution < 1.29 is 9.53 Å². The number of nitrogens with one attached hydrogen (secondary N) is 1. The Morgan fingerprint density at radius 2 is 1.91 bits per heavy atom. The minimum atomic E-state index is 0. The Balaban J connectivity index is 0.00000242. The van der Waals surface area contributed by atoms with Crippen molar-refractivity contribution >= 4 is 18.3 Å². The summed E-state index contributed by atoms with van der Waals surface area (Å²) in [5.41, 5.74) is 6.13. The van der Waals surface area contributed by atoms with Crippen LogP contribution in [-0.4, -0.2) is 30.7 Å². The van der Waals surface area contributed by atoms with Crippen LogP contribution in [-0.2, 0) is 9.53 Å². The average molecular weight is 333 g/mol. The number of rotatable bonds is 6. The summed E-state index contributed by atoms with van der Waals surface area (Å²) < 4.78 is 5.88. The van der Waals surface area contributed by atoms with Gasteiger partial charge >= 0.3 is 0 Å². The summed E-state index contributed by atoms with van der Waals surface area (Å²) in [5.74, 6) is 0.336. The Morgan fingerprint density at radius 3 is 2.45 bits per heavy atom. The molecule has 2 aliphatic carbocycles. The van der Waals surface area contributed by atoms with Gasteiger partial charge in [-0.3, -0.25) is 4.79 Å². The molecule has 5 heteroatoms. The third-order valence-corrected chi connectivity index (χ3v) is 5.87. The number of amides is 1. The number of halogens is 1. The summed E-state index contributed by atoms with van der Waals surface area (Å²) in [6, 6.07) is 0.476. The maximum atomic E-state index is 12.5. The van der Waals surface area contributed by atoms with Crippen molar-refractivity contribution in [2.45, 2.75) is 83.9 Å². The van der Waals surface area contributed by atoms with Gasteiger partial charge in [0.05, 0.1) is 6.10 Å². The second kappa shape index (κ2) is 8.51. The van der Waals surface area contributed by atoms with Crippen molar-refractivity contribution in [1.82, 2.24) is 5.32 Å². The minimum absolute atomic E-state index is 0. The van der Waals surface area contributed by atoms with Gasteiger partial charge < -0.3 is 15.8 Å². The molecule has 0 radical (unpaired) electrons. The second-order valence-corrected chi connectivity index (χ2v) is 6.80. The Labute approximate surface area is 141 Å². The van der Waals surface area contributed by atoms with Crippen molar-refractivity contribution in [2.24, 2.45) is 17.1 Å².